The Labute approximate surface area is 255 Å². The number of ether oxygens (including phenoxy) is 2. The topological polar surface area (TPSA) is 272 Å². The van der Waals surface area contributed by atoms with Gasteiger partial charge in [-0.1, -0.05) is 23.2 Å². The van der Waals surface area contributed by atoms with E-state index in [-0.39, 0.29) is 52.8 Å². The van der Waals surface area contributed by atoms with Gasteiger partial charge in [-0.15, -0.1) is 0 Å². The zero-order valence-corrected chi connectivity index (χ0v) is 26.9. The fourth-order valence-electron chi connectivity index (χ4n) is 4.90. The molecule has 0 aromatic carbocycles. The molecule has 6 heterocycles. The Morgan fingerprint density at radius 1 is 0.860 bits per heavy atom. The first kappa shape index (κ1) is 33.4. The van der Waals surface area contributed by atoms with Gasteiger partial charge in [-0.25, -0.2) is 9.97 Å². The van der Waals surface area contributed by atoms with Crippen molar-refractivity contribution < 1.29 is 28.4 Å². The highest BCUT2D eigenvalue weighted by atomic mass is 35.5. The molecular weight excluding hydrogens is 647 g/mol. The number of hydrogen-bond acceptors (Lipinski definition) is 13. The number of nitrogens with zero attached hydrogens (tertiary/aromatic N) is 8. The molecule has 2 fully saturated rings. The Morgan fingerprint density at radius 3 is 1.65 bits per heavy atom. The zero-order valence-electron chi connectivity index (χ0n) is 23.6. The van der Waals surface area contributed by atoms with Crippen LogP contribution in [-0.2, 0) is 31.7 Å². The van der Waals surface area contributed by atoms with Crippen LogP contribution in [-0.4, -0.2) is 81.2 Å². The van der Waals surface area contributed by atoms with E-state index in [9.17, 15) is 14.0 Å². The first-order valence-electron chi connectivity index (χ1n) is 12.9. The van der Waals surface area contributed by atoms with Crippen LogP contribution in [0.5, 0.6) is 0 Å². The van der Waals surface area contributed by atoms with E-state index in [1.54, 1.807) is 24.2 Å². The third kappa shape index (κ3) is 7.62. The van der Waals surface area contributed by atoms with Crippen molar-refractivity contribution in [2.24, 2.45) is 0 Å². The summed E-state index contributed by atoms with van der Waals surface area (Å²) in [6.07, 6.45) is 5.24. The van der Waals surface area contributed by atoms with Crippen molar-refractivity contribution >= 4 is 72.2 Å². The molecule has 5 atom stereocenters. The lowest BCUT2D eigenvalue weighted by Gasteiger charge is -2.23. The summed E-state index contributed by atoms with van der Waals surface area (Å²) in [7, 11) is -6.69. The molecule has 6 rings (SSSR count). The van der Waals surface area contributed by atoms with E-state index in [0.29, 0.717) is 41.8 Å². The summed E-state index contributed by atoms with van der Waals surface area (Å²) in [6, 6.07) is 0. The maximum absolute atomic E-state index is 12.1. The van der Waals surface area contributed by atoms with Gasteiger partial charge in [-0.05, 0) is 39.0 Å². The van der Waals surface area contributed by atoms with Gasteiger partial charge in [0.1, 0.15) is 29.9 Å². The fraction of sp³-hybridized carbons (Fsp3) is 0.545. The molecule has 2 aliphatic heterocycles. The van der Waals surface area contributed by atoms with Crippen LogP contribution in [0.15, 0.2) is 12.7 Å². The Balaban J connectivity index is 0.000000192. The monoisotopic (exact) mass is 679 g/mol. The predicted octanol–water partition coefficient (Wildman–Crippen LogP) is 2.68. The molecule has 2 aliphatic rings. The Morgan fingerprint density at radius 2 is 1.28 bits per heavy atom. The molecule has 0 spiro atoms. The Kier molecular flexibility index (Phi) is 10.0. The maximum atomic E-state index is 12.1. The Hall–Kier alpha value is -2.46. The summed E-state index contributed by atoms with van der Waals surface area (Å²) >= 11 is 11.9. The Bertz CT molecular complexity index is 1590. The van der Waals surface area contributed by atoms with Crippen LogP contribution in [0.25, 0.3) is 22.3 Å². The maximum Gasteiger partial charge on any atom is 0.223 e. The molecule has 0 saturated carbocycles. The van der Waals surface area contributed by atoms with Gasteiger partial charge in [0, 0.05) is 0 Å². The van der Waals surface area contributed by atoms with E-state index in [1.165, 1.54) is 6.33 Å². The van der Waals surface area contributed by atoms with Crippen molar-refractivity contribution in [1.29, 1.82) is 0 Å². The zero-order chi connectivity index (χ0) is 30.4. The van der Waals surface area contributed by atoms with E-state index in [0.717, 1.165) is 12.8 Å². The number of aromatic nitrogens is 8. The van der Waals surface area contributed by atoms with Crippen LogP contribution < -0.4 is 22.5 Å². The fourth-order valence-corrected chi connectivity index (χ4v) is 7.37. The van der Waals surface area contributed by atoms with Crippen LogP contribution in [0.2, 0.25) is 10.3 Å². The first-order valence-corrected chi connectivity index (χ1v) is 17.9. The summed E-state index contributed by atoms with van der Waals surface area (Å²) in [5.74, 6) is -1.16. The molecule has 4 aromatic rings. The summed E-state index contributed by atoms with van der Waals surface area (Å²) in [4.78, 5) is 44.3. The lowest BCUT2D eigenvalue weighted by atomic mass is 10.2. The van der Waals surface area contributed by atoms with Crippen LogP contribution in [0.4, 0.5) is 11.9 Å². The molecule has 9 N–H and O–H groups in total. The van der Waals surface area contributed by atoms with Crippen LogP contribution in [0.1, 0.15) is 25.7 Å². The largest absolute Gasteiger partial charge is 0.777 e. The van der Waals surface area contributed by atoms with E-state index >= 15 is 0 Å². The third-order valence-electron chi connectivity index (χ3n) is 6.91. The van der Waals surface area contributed by atoms with E-state index < -0.39 is 20.6 Å². The molecule has 2 saturated heterocycles. The van der Waals surface area contributed by atoms with Gasteiger partial charge < -0.3 is 55.1 Å². The second-order valence-electron chi connectivity index (χ2n) is 10.5. The number of halogens is 2. The number of quaternary nitrogens is 1. The van der Waals surface area contributed by atoms with Gasteiger partial charge in [0.25, 0.3) is 0 Å². The summed E-state index contributed by atoms with van der Waals surface area (Å²) in [6.45, 7) is 4.44. The average Bonchev–Trinajstić information content (AvgIpc) is 3.67. The number of anilines is 2. The number of imidazole rings is 2. The van der Waals surface area contributed by atoms with Crippen LogP contribution >= 0.6 is 37.9 Å². The van der Waals surface area contributed by atoms with Gasteiger partial charge in [0.2, 0.25) is 11.9 Å². The van der Waals surface area contributed by atoms with Crippen molar-refractivity contribution in [3.05, 3.63) is 23.0 Å². The number of nitrogens with two attached hydrogens (primary N) is 2. The van der Waals surface area contributed by atoms with E-state index in [1.807, 2.05) is 4.57 Å². The quantitative estimate of drug-likeness (QED) is 0.168. The second-order valence-corrected chi connectivity index (χ2v) is 16.3. The van der Waals surface area contributed by atoms with Gasteiger partial charge in [-0.3, -0.25) is 0 Å². The molecular formula is C22H33Cl2N11O6P2. The summed E-state index contributed by atoms with van der Waals surface area (Å²) < 4.78 is 37.9. The van der Waals surface area contributed by atoms with E-state index in [4.69, 9.17) is 49.0 Å². The lowest BCUT2D eigenvalue weighted by Crippen LogP contribution is -2.20. The normalized spacial score (nSPS) is 23.6. The van der Waals surface area contributed by atoms with Gasteiger partial charge in [0.15, 0.2) is 29.2 Å². The highest BCUT2D eigenvalue weighted by Gasteiger charge is 2.34. The molecule has 0 aliphatic carbocycles. The molecule has 0 bridgehead atoms. The minimum atomic E-state index is -4.47. The molecule has 4 aromatic heterocycles. The molecule has 0 radical (unpaired) electrons. The summed E-state index contributed by atoms with van der Waals surface area (Å²) in [5.41, 5.74) is 13.2. The number of hydrogen-bond donors (Lipinski definition) is 4. The first-order chi connectivity index (χ1) is 19.7. The minimum absolute atomic E-state index is 0. The van der Waals surface area contributed by atoms with Crippen molar-refractivity contribution in [1.82, 2.24) is 45.2 Å². The van der Waals surface area contributed by atoms with Gasteiger partial charge in [0.05, 0.1) is 38.0 Å². The lowest BCUT2D eigenvalue weighted by molar-refractivity contribution is -0.204. The molecule has 43 heavy (non-hydrogen) atoms. The van der Waals surface area contributed by atoms with E-state index in [2.05, 4.69) is 29.9 Å². The molecule has 17 nitrogen and oxygen atoms in total. The molecule has 0 amide bonds. The van der Waals surface area contributed by atoms with Crippen molar-refractivity contribution in [2.45, 2.75) is 62.7 Å². The van der Waals surface area contributed by atoms with Crippen molar-refractivity contribution in [3.63, 3.8) is 0 Å². The standard InChI is InChI=1S/C12H17ClN5O2P.C10H13ClN5O4P.H3N/c1-21(2,19)8-4-3-7(20-8)5-18-6-15-9-10(13)16-12(14)17-11(9)18;11-8-7-9(15-10(12)14-8)16(4-13-7)3-5-1-2-6(20-5)21(17,18)19;/h6-8H,3-5H2,1-2H3,(H2,14,16,17);4-6H,1-3H2,(H2,12,14,15)(H2,17,18,19);1H3. The number of rotatable bonds is 6. The van der Waals surface area contributed by atoms with Crippen LogP contribution in [0, 0.1) is 0 Å². The predicted molar refractivity (Wildman–Crippen MR) is 161 cm³/mol. The number of fused-ring (bicyclic) bond motifs is 2. The highest BCUT2D eigenvalue weighted by molar-refractivity contribution is 7.62. The average molecular weight is 680 g/mol. The smallest absolute Gasteiger partial charge is 0.223 e. The minimum Gasteiger partial charge on any atom is -0.777 e. The third-order valence-corrected chi connectivity index (χ3v) is 10.3. The highest BCUT2D eigenvalue weighted by Crippen LogP contribution is 2.49. The molecule has 21 heteroatoms. The second kappa shape index (κ2) is 12.9. The van der Waals surface area contributed by atoms with Crippen molar-refractivity contribution in [3.8, 4) is 0 Å². The summed E-state index contributed by atoms with van der Waals surface area (Å²) in [5, 5.41) is 0.397. The van der Waals surface area contributed by atoms with Crippen LogP contribution in [0.3, 0.4) is 0 Å². The molecule has 5 unspecified atom stereocenters. The van der Waals surface area contributed by atoms with Gasteiger partial charge in [-0.2, -0.15) is 19.9 Å². The molecule has 236 valence electrons. The van der Waals surface area contributed by atoms with Crippen molar-refractivity contribution in [2.75, 3.05) is 24.8 Å². The number of nitrogen functional groups attached to an aromatic ring is 2. The van der Waals surface area contributed by atoms with Gasteiger partial charge >= 0.3 is 0 Å². The SMILES string of the molecule is CP(C)(=O)C1CCC(Cn2cnc3c(Cl)nc(N)nc32)O1.Nc1nc(Cl)c2ncn(CC3CCC(P(=O)([O-])O)O3)c2n1.[NH4+].